The highest BCUT2D eigenvalue weighted by atomic mass is 32.2. The Kier molecular flexibility index (Phi) is 5.36. The van der Waals surface area contributed by atoms with Crippen molar-refractivity contribution in [2.75, 3.05) is 43.2 Å². The number of carbonyl (C=O) groups is 2. The Morgan fingerprint density at radius 1 is 1.04 bits per heavy atom. The number of benzene rings is 2. The van der Waals surface area contributed by atoms with Crippen LogP contribution in [0.1, 0.15) is 5.56 Å². The second-order valence-corrected chi connectivity index (χ2v) is 7.37. The fourth-order valence-electron chi connectivity index (χ4n) is 3.24. The number of thioether (sulfide) groups is 1. The van der Waals surface area contributed by atoms with Crippen LogP contribution in [0, 0.1) is 0 Å². The first-order chi connectivity index (χ1) is 13.7. The summed E-state index contributed by atoms with van der Waals surface area (Å²) in [5.74, 6) is 0.151. The molecule has 0 radical (unpaired) electrons. The van der Waals surface area contributed by atoms with Gasteiger partial charge >= 0.3 is 0 Å². The number of hydrogen-bond acceptors (Lipinski definition) is 6. The molecule has 2 amide bonds. The summed E-state index contributed by atoms with van der Waals surface area (Å²) in [6, 6.07) is 15.0. The van der Waals surface area contributed by atoms with Crippen LogP contribution in [0.15, 0.2) is 53.4 Å². The number of hydrogen-bond donors (Lipinski definition) is 0. The number of para-hydroxylation sites is 2. The molecule has 0 N–H and O–H groups in total. The van der Waals surface area contributed by atoms with Gasteiger partial charge in [0, 0.05) is 18.8 Å². The summed E-state index contributed by atoms with van der Waals surface area (Å²) in [5, 5.41) is -0.328. The molecule has 2 heterocycles. The van der Waals surface area contributed by atoms with E-state index in [1.165, 1.54) is 7.11 Å². The Labute approximate surface area is 167 Å². The van der Waals surface area contributed by atoms with Crippen LogP contribution in [0.2, 0.25) is 0 Å². The monoisotopic (exact) mass is 396 g/mol. The van der Waals surface area contributed by atoms with Crippen LogP contribution in [0.4, 0.5) is 16.2 Å². The standard InChI is InChI=1S/C21H20N2O4S/c1-26-18-5-3-2-4-17(18)23-20(24)19(28-21(23)25)14-15-6-8-16(9-7-15)22-10-12-27-13-11-22/h2-9,14H,10-13H2,1H3/b19-14-. The fraction of sp³-hybridized carbons (Fsp3) is 0.238. The van der Waals surface area contributed by atoms with Gasteiger partial charge in [0.25, 0.3) is 11.1 Å². The van der Waals surface area contributed by atoms with E-state index in [4.69, 9.17) is 9.47 Å². The van der Waals surface area contributed by atoms with E-state index in [0.717, 1.165) is 54.2 Å². The van der Waals surface area contributed by atoms with Crippen molar-refractivity contribution < 1.29 is 19.1 Å². The molecule has 2 aliphatic heterocycles. The van der Waals surface area contributed by atoms with Gasteiger partial charge in [-0.05, 0) is 47.7 Å². The van der Waals surface area contributed by atoms with Crippen LogP contribution < -0.4 is 14.5 Å². The molecule has 6 nitrogen and oxygen atoms in total. The maximum Gasteiger partial charge on any atom is 0.298 e. The molecule has 0 atom stereocenters. The second-order valence-electron chi connectivity index (χ2n) is 6.38. The molecule has 2 saturated heterocycles. The summed E-state index contributed by atoms with van der Waals surface area (Å²) in [7, 11) is 1.52. The van der Waals surface area contributed by atoms with Gasteiger partial charge in [-0.25, -0.2) is 4.90 Å². The van der Waals surface area contributed by atoms with E-state index in [-0.39, 0.29) is 11.1 Å². The van der Waals surface area contributed by atoms with Gasteiger partial charge < -0.3 is 14.4 Å². The van der Waals surface area contributed by atoms with Gasteiger partial charge in [0.05, 0.1) is 30.9 Å². The van der Waals surface area contributed by atoms with Gasteiger partial charge in [-0.3, -0.25) is 9.59 Å². The lowest BCUT2D eigenvalue weighted by molar-refractivity contribution is -0.113. The summed E-state index contributed by atoms with van der Waals surface area (Å²) in [6.45, 7) is 3.21. The Balaban J connectivity index is 1.55. The van der Waals surface area contributed by atoms with E-state index in [1.807, 2.05) is 24.3 Å². The molecule has 0 aromatic heterocycles. The van der Waals surface area contributed by atoms with E-state index in [0.29, 0.717) is 16.3 Å². The van der Waals surface area contributed by atoms with Crippen LogP contribution in [0.25, 0.3) is 6.08 Å². The van der Waals surface area contributed by atoms with Gasteiger partial charge in [-0.15, -0.1) is 0 Å². The second kappa shape index (κ2) is 8.08. The molecular formula is C21H20N2O4S. The van der Waals surface area contributed by atoms with E-state index >= 15 is 0 Å². The largest absolute Gasteiger partial charge is 0.495 e. The smallest absolute Gasteiger partial charge is 0.298 e. The van der Waals surface area contributed by atoms with Crippen LogP contribution in [0.5, 0.6) is 5.75 Å². The van der Waals surface area contributed by atoms with Crippen molar-refractivity contribution in [1.29, 1.82) is 0 Å². The summed E-state index contributed by atoms with van der Waals surface area (Å²) in [5.41, 5.74) is 2.46. The van der Waals surface area contributed by atoms with E-state index in [2.05, 4.69) is 4.90 Å². The van der Waals surface area contributed by atoms with Crippen molar-refractivity contribution in [3.8, 4) is 5.75 Å². The number of carbonyl (C=O) groups excluding carboxylic acids is 2. The van der Waals surface area contributed by atoms with Gasteiger partial charge in [0.15, 0.2) is 0 Å². The number of anilines is 2. The minimum absolute atomic E-state index is 0.328. The van der Waals surface area contributed by atoms with Crippen LogP contribution in [-0.4, -0.2) is 44.6 Å². The van der Waals surface area contributed by atoms with Gasteiger partial charge in [-0.2, -0.15) is 0 Å². The first-order valence-corrected chi connectivity index (χ1v) is 9.83. The lowest BCUT2D eigenvalue weighted by Gasteiger charge is -2.28. The van der Waals surface area contributed by atoms with Crippen molar-refractivity contribution in [2.24, 2.45) is 0 Å². The number of imide groups is 1. The van der Waals surface area contributed by atoms with E-state index in [9.17, 15) is 9.59 Å². The van der Waals surface area contributed by atoms with Crippen molar-refractivity contribution in [2.45, 2.75) is 0 Å². The maximum atomic E-state index is 12.8. The SMILES string of the molecule is COc1ccccc1N1C(=O)S/C(=C\c2ccc(N3CCOCC3)cc2)C1=O. The number of morpholine rings is 1. The molecule has 0 aliphatic carbocycles. The molecule has 0 saturated carbocycles. The topological polar surface area (TPSA) is 59.1 Å². The average Bonchev–Trinajstić information content (AvgIpc) is 3.02. The Morgan fingerprint density at radius 2 is 1.75 bits per heavy atom. The van der Waals surface area contributed by atoms with Crippen molar-refractivity contribution >= 4 is 40.4 Å². The lowest BCUT2D eigenvalue weighted by atomic mass is 10.1. The predicted octanol–water partition coefficient (Wildman–Crippen LogP) is 3.77. The normalized spacial score (nSPS) is 18.8. The summed E-state index contributed by atoms with van der Waals surface area (Å²) >= 11 is 0.939. The Morgan fingerprint density at radius 3 is 2.46 bits per heavy atom. The molecule has 7 heteroatoms. The average molecular weight is 396 g/mol. The maximum absolute atomic E-state index is 12.8. The molecule has 144 valence electrons. The molecule has 0 spiro atoms. The van der Waals surface area contributed by atoms with Gasteiger partial charge in [0.2, 0.25) is 0 Å². The zero-order valence-electron chi connectivity index (χ0n) is 15.5. The number of nitrogens with zero attached hydrogens (tertiary/aromatic N) is 2. The zero-order valence-corrected chi connectivity index (χ0v) is 16.3. The zero-order chi connectivity index (χ0) is 19.5. The minimum atomic E-state index is -0.336. The molecule has 28 heavy (non-hydrogen) atoms. The highest BCUT2D eigenvalue weighted by molar-refractivity contribution is 8.19. The fourth-order valence-corrected chi connectivity index (χ4v) is 4.08. The number of amides is 2. The quantitative estimate of drug-likeness (QED) is 0.733. The van der Waals surface area contributed by atoms with Crippen molar-refractivity contribution in [3.63, 3.8) is 0 Å². The molecule has 2 aliphatic rings. The van der Waals surface area contributed by atoms with Crippen LogP contribution in [-0.2, 0) is 9.53 Å². The Bertz CT molecular complexity index is 920. The van der Waals surface area contributed by atoms with Crippen molar-refractivity contribution in [1.82, 2.24) is 0 Å². The highest BCUT2D eigenvalue weighted by Gasteiger charge is 2.37. The lowest BCUT2D eigenvalue weighted by Crippen LogP contribution is -2.36. The van der Waals surface area contributed by atoms with E-state index < -0.39 is 0 Å². The number of methoxy groups -OCH3 is 1. The summed E-state index contributed by atoms with van der Waals surface area (Å²) in [6.07, 6.45) is 1.75. The highest BCUT2D eigenvalue weighted by Crippen LogP contribution is 2.39. The molecule has 0 unspecified atom stereocenters. The number of ether oxygens (including phenoxy) is 2. The first kappa shape index (κ1) is 18.6. The third kappa shape index (κ3) is 3.63. The summed E-state index contributed by atoms with van der Waals surface area (Å²) in [4.78, 5) is 29.1. The molecule has 2 fully saturated rings. The van der Waals surface area contributed by atoms with Gasteiger partial charge in [0.1, 0.15) is 5.75 Å². The number of rotatable bonds is 4. The summed E-state index contributed by atoms with van der Waals surface area (Å²) < 4.78 is 10.7. The minimum Gasteiger partial charge on any atom is -0.495 e. The van der Waals surface area contributed by atoms with Crippen molar-refractivity contribution in [3.05, 3.63) is 59.0 Å². The predicted molar refractivity (Wildman–Crippen MR) is 111 cm³/mol. The van der Waals surface area contributed by atoms with Crippen LogP contribution >= 0.6 is 11.8 Å². The van der Waals surface area contributed by atoms with E-state index in [1.54, 1.807) is 30.3 Å². The molecule has 2 aromatic carbocycles. The third-order valence-electron chi connectivity index (χ3n) is 4.69. The molecular weight excluding hydrogens is 376 g/mol. The van der Waals surface area contributed by atoms with Gasteiger partial charge in [-0.1, -0.05) is 24.3 Å². The molecule has 0 bridgehead atoms. The first-order valence-electron chi connectivity index (χ1n) is 9.01. The Hall–Kier alpha value is -2.77. The van der Waals surface area contributed by atoms with Crippen LogP contribution in [0.3, 0.4) is 0 Å². The molecule has 2 aromatic rings. The third-order valence-corrected chi connectivity index (χ3v) is 5.56. The molecule has 4 rings (SSSR count).